The van der Waals surface area contributed by atoms with Crippen LogP contribution < -0.4 is 10.6 Å². The molecule has 2 amide bonds. The van der Waals surface area contributed by atoms with Crippen LogP contribution in [0.2, 0.25) is 0 Å². The maximum atomic E-state index is 12.9. The van der Waals surface area contributed by atoms with Crippen LogP contribution >= 0.6 is 0 Å². The molecule has 2 N–H and O–H groups in total. The number of nitrogens with zero attached hydrogens (tertiary/aromatic N) is 1. The van der Waals surface area contributed by atoms with Gasteiger partial charge in [0.2, 0.25) is 0 Å². The van der Waals surface area contributed by atoms with Crippen molar-refractivity contribution in [3.63, 3.8) is 0 Å². The highest BCUT2D eigenvalue weighted by molar-refractivity contribution is 5.99. The molecular formula is C25H26F3N3O4. The molecule has 2 aromatic carbocycles. The van der Waals surface area contributed by atoms with E-state index in [1.54, 1.807) is 47.4 Å². The van der Waals surface area contributed by atoms with Gasteiger partial charge < -0.3 is 20.3 Å². The van der Waals surface area contributed by atoms with Crippen LogP contribution in [0.5, 0.6) is 0 Å². The molecule has 1 saturated carbocycles. The standard InChI is InChI=1S/C25H26F3N3O4/c26-25(27,28)23(34)35-24(10-1-2-11-24)22(33)30-20-5-3-4-19(16-20)17-6-8-18(9-7-17)21(32)31-14-12-29-13-15-31/h3-9,16,29H,1-2,10-15H2,(H,30,33). The molecule has 2 fully saturated rings. The zero-order chi connectivity index (χ0) is 25.1. The largest absolute Gasteiger partial charge is 0.490 e. The van der Waals surface area contributed by atoms with Gasteiger partial charge in [-0.3, -0.25) is 9.59 Å². The molecular weight excluding hydrogens is 463 g/mol. The number of nitrogens with one attached hydrogen (secondary N) is 2. The number of benzene rings is 2. The number of esters is 1. The molecule has 186 valence electrons. The fourth-order valence-electron chi connectivity index (χ4n) is 4.43. The summed E-state index contributed by atoms with van der Waals surface area (Å²) in [5.41, 5.74) is 0.653. The summed E-state index contributed by atoms with van der Waals surface area (Å²) in [6.07, 6.45) is -4.14. The lowest BCUT2D eigenvalue weighted by atomic mass is 10.00. The summed E-state index contributed by atoms with van der Waals surface area (Å²) in [5.74, 6) is -3.17. The third-order valence-electron chi connectivity index (χ3n) is 6.33. The average molecular weight is 489 g/mol. The number of carbonyl (C=O) groups is 3. The molecule has 0 aromatic heterocycles. The lowest BCUT2D eigenvalue weighted by Crippen LogP contribution is -2.47. The molecule has 35 heavy (non-hydrogen) atoms. The number of hydrogen-bond donors (Lipinski definition) is 2. The van der Waals surface area contributed by atoms with Crippen LogP contribution in [0.1, 0.15) is 36.0 Å². The monoisotopic (exact) mass is 489 g/mol. The van der Waals surface area contributed by atoms with Gasteiger partial charge in [0, 0.05) is 37.4 Å². The van der Waals surface area contributed by atoms with Crippen molar-refractivity contribution in [2.45, 2.75) is 37.5 Å². The predicted octanol–water partition coefficient (Wildman–Crippen LogP) is 3.76. The van der Waals surface area contributed by atoms with Gasteiger partial charge in [0.1, 0.15) is 0 Å². The van der Waals surface area contributed by atoms with Crippen molar-refractivity contribution in [2.75, 3.05) is 31.5 Å². The molecule has 1 aliphatic heterocycles. The summed E-state index contributed by atoms with van der Waals surface area (Å²) in [7, 11) is 0. The van der Waals surface area contributed by atoms with Crippen LogP contribution in [0.4, 0.5) is 18.9 Å². The zero-order valence-corrected chi connectivity index (χ0v) is 19.0. The molecule has 0 spiro atoms. The van der Waals surface area contributed by atoms with E-state index in [-0.39, 0.29) is 18.7 Å². The second kappa shape index (κ2) is 10.1. The number of rotatable bonds is 5. The number of hydrogen-bond acceptors (Lipinski definition) is 5. The third kappa shape index (κ3) is 5.64. The number of anilines is 1. The quantitative estimate of drug-likeness (QED) is 0.625. The fourth-order valence-corrected chi connectivity index (χ4v) is 4.43. The number of piperazine rings is 1. The van der Waals surface area contributed by atoms with Crippen LogP contribution in [-0.4, -0.2) is 60.6 Å². The molecule has 0 atom stereocenters. The first kappa shape index (κ1) is 24.7. The van der Waals surface area contributed by atoms with Crippen LogP contribution in [0.15, 0.2) is 48.5 Å². The van der Waals surface area contributed by atoms with E-state index in [0.29, 0.717) is 37.2 Å². The highest BCUT2D eigenvalue weighted by Crippen LogP contribution is 2.36. The van der Waals surface area contributed by atoms with Gasteiger partial charge in [-0.1, -0.05) is 24.3 Å². The summed E-state index contributed by atoms with van der Waals surface area (Å²) in [5, 5.41) is 5.82. The van der Waals surface area contributed by atoms with Crippen molar-refractivity contribution in [3.05, 3.63) is 54.1 Å². The molecule has 0 radical (unpaired) electrons. The highest BCUT2D eigenvalue weighted by Gasteiger charge is 2.51. The summed E-state index contributed by atoms with van der Waals surface area (Å²) in [4.78, 5) is 38.8. The maximum absolute atomic E-state index is 12.9. The minimum atomic E-state index is -5.17. The lowest BCUT2D eigenvalue weighted by molar-refractivity contribution is -0.213. The Morgan fingerprint density at radius 1 is 0.943 bits per heavy atom. The van der Waals surface area contributed by atoms with Gasteiger partial charge in [-0.2, -0.15) is 13.2 Å². The van der Waals surface area contributed by atoms with E-state index in [2.05, 4.69) is 15.4 Å². The first-order chi connectivity index (χ1) is 16.7. The van der Waals surface area contributed by atoms with Gasteiger partial charge in [-0.15, -0.1) is 0 Å². The van der Waals surface area contributed by atoms with Gasteiger partial charge in [0.25, 0.3) is 11.8 Å². The Kier molecular flexibility index (Phi) is 7.11. The summed E-state index contributed by atoms with van der Waals surface area (Å²) in [6.45, 7) is 2.84. The van der Waals surface area contributed by atoms with Gasteiger partial charge in [0.15, 0.2) is 5.60 Å². The second-order valence-electron chi connectivity index (χ2n) is 8.74. The van der Waals surface area contributed by atoms with Crippen LogP contribution in [0, 0.1) is 0 Å². The van der Waals surface area contributed by atoms with Crippen molar-refractivity contribution in [1.29, 1.82) is 0 Å². The normalized spacial score (nSPS) is 17.6. The van der Waals surface area contributed by atoms with Crippen molar-refractivity contribution in [1.82, 2.24) is 10.2 Å². The molecule has 4 rings (SSSR count). The second-order valence-corrected chi connectivity index (χ2v) is 8.74. The SMILES string of the molecule is O=C(c1ccc(-c2cccc(NC(=O)C3(OC(=O)C(F)(F)F)CCCC3)c2)cc1)N1CCNCC1. The van der Waals surface area contributed by atoms with E-state index in [1.807, 2.05) is 6.07 Å². The Bertz CT molecular complexity index is 1090. The molecule has 1 saturated heterocycles. The zero-order valence-electron chi connectivity index (χ0n) is 19.0. The van der Waals surface area contributed by atoms with Gasteiger partial charge in [0.05, 0.1) is 0 Å². The van der Waals surface area contributed by atoms with Crippen LogP contribution in [0.3, 0.4) is 0 Å². The third-order valence-corrected chi connectivity index (χ3v) is 6.33. The Hall–Kier alpha value is -3.40. The molecule has 10 heteroatoms. The van der Waals surface area contributed by atoms with Crippen LogP contribution in [0.25, 0.3) is 11.1 Å². The van der Waals surface area contributed by atoms with E-state index in [1.165, 1.54) is 0 Å². The summed E-state index contributed by atoms with van der Waals surface area (Å²) >= 11 is 0. The smallest absolute Gasteiger partial charge is 0.442 e. The molecule has 2 aliphatic rings. The maximum Gasteiger partial charge on any atom is 0.490 e. The van der Waals surface area contributed by atoms with Crippen molar-refractivity contribution >= 4 is 23.5 Å². The topological polar surface area (TPSA) is 87.7 Å². The fraction of sp³-hybridized carbons (Fsp3) is 0.400. The van der Waals surface area contributed by atoms with E-state index < -0.39 is 23.7 Å². The summed E-state index contributed by atoms with van der Waals surface area (Å²) in [6, 6.07) is 13.9. The molecule has 2 aromatic rings. The number of carbonyl (C=O) groups excluding carboxylic acids is 3. The number of alkyl halides is 3. The van der Waals surface area contributed by atoms with Gasteiger partial charge in [-0.25, -0.2) is 4.79 Å². The van der Waals surface area contributed by atoms with E-state index in [0.717, 1.165) is 24.2 Å². The minimum Gasteiger partial charge on any atom is -0.442 e. The first-order valence-corrected chi connectivity index (χ1v) is 11.5. The van der Waals surface area contributed by atoms with Crippen molar-refractivity contribution < 1.29 is 32.3 Å². The molecule has 7 nitrogen and oxygen atoms in total. The Morgan fingerprint density at radius 2 is 1.60 bits per heavy atom. The number of halogens is 3. The lowest BCUT2D eigenvalue weighted by Gasteiger charge is -2.28. The first-order valence-electron chi connectivity index (χ1n) is 11.5. The van der Waals surface area contributed by atoms with Crippen molar-refractivity contribution in [2.24, 2.45) is 0 Å². The minimum absolute atomic E-state index is 0.0307. The predicted molar refractivity (Wildman–Crippen MR) is 123 cm³/mol. The number of ether oxygens (including phenoxy) is 1. The molecule has 0 unspecified atom stereocenters. The molecule has 1 aliphatic carbocycles. The van der Waals surface area contributed by atoms with Crippen LogP contribution in [-0.2, 0) is 14.3 Å². The van der Waals surface area contributed by atoms with Gasteiger partial charge >= 0.3 is 12.1 Å². The Balaban J connectivity index is 1.47. The summed E-state index contributed by atoms with van der Waals surface area (Å²) < 4.78 is 42.9. The average Bonchev–Trinajstić information content (AvgIpc) is 3.34. The molecule has 1 heterocycles. The van der Waals surface area contributed by atoms with E-state index in [9.17, 15) is 27.6 Å². The van der Waals surface area contributed by atoms with E-state index in [4.69, 9.17) is 0 Å². The van der Waals surface area contributed by atoms with Crippen molar-refractivity contribution in [3.8, 4) is 11.1 Å². The number of amides is 2. The Morgan fingerprint density at radius 3 is 2.23 bits per heavy atom. The highest BCUT2D eigenvalue weighted by atomic mass is 19.4. The van der Waals surface area contributed by atoms with Gasteiger partial charge in [-0.05, 0) is 61.1 Å². The van der Waals surface area contributed by atoms with E-state index >= 15 is 0 Å². The Labute approximate surface area is 200 Å². The molecule has 0 bridgehead atoms.